The number of carbonyl (C=O) groups is 1. The first-order valence-electron chi connectivity index (χ1n) is 8.78. The highest BCUT2D eigenvalue weighted by atomic mass is 35.5. The molecule has 0 saturated carbocycles. The third-order valence-electron chi connectivity index (χ3n) is 3.77. The number of rotatable bonds is 15. The zero-order valence-electron chi connectivity index (χ0n) is 14.5. The number of nitro groups is 1. The van der Waals surface area contributed by atoms with Gasteiger partial charge in [0.05, 0.1) is 0 Å². The monoisotopic (exact) mass is 359 g/mol. The van der Waals surface area contributed by atoms with Crippen molar-refractivity contribution in [2.24, 2.45) is 0 Å². The summed E-state index contributed by atoms with van der Waals surface area (Å²) < 4.78 is 0. The number of aliphatic carboxylic acids is 1. The van der Waals surface area contributed by atoms with Gasteiger partial charge in [0.25, 0.3) is 0 Å². The van der Waals surface area contributed by atoms with Gasteiger partial charge < -0.3 is 5.11 Å². The fourth-order valence-corrected chi connectivity index (χ4v) is 2.69. The maximum Gasteiger partial charge on any atom is 0.303 e. The van der Waals surface area contributed by atoms with Gasteiger partial charge >= 0.3 is 5.97 Å². The highest BCUT2D eigenvalue weighted by Crippen LogP contribution is 2.18. The second kappa shape index (κ2) is 15.2. The molecular weight excluding hydrogens is 330 g/mol. The minimum atomic E-state index is -0.936. The Kier molecular flexibility index (Phi) is 14.3. The van der Waals surface area contributed by atoms with Gasteiger partial charge in [0.15, 0.2) is 0 Å². The van der Waals surface area contributed by atoms with Crippen LogP contribution in [-0.2, 0) is 4.79 Å². The van der Waals surface area contributed by atoms with E-state index in [1.807, 2.05) is 12.2 Å². The smallest absolute Gasteiger partial charge is 0.303 e. The Morgan fingerprint density at radius 1 is 1.12 bits per heavy atom. The number of carboxylic acids is 1. The van der Waals surface area contributed by atoms with E-state index in [1.165, 1.54) is 19.3 Å². The fourth-order valence-electron chi connectivity index (χ4n) is 2.35. The molecule has 0 aromatic rings. The number of allylic oxidation sites excluding steroid dienone is 4. The van der Waals surface area contributed by atoms with Crippen molar-refractivity contribution in [1.29, 1.82) is 0 Å². The average Bonchev–Trinajstić information content (AvgIpc) is 2.52. The number of halogens is 1. The highest BCUT2D eigenvalue weighted by Gasteiger charge is 2.28. The van der Waals surface area contributed by atoms with Crippen molar-refractivity contribution in [2.45, 2.75) is 82.6 Å². The SMILES string of the molecule is CCCCC/C=C\C/C=C\CCC(Cl)C(CCCC(=O)O)[N+](=O)[O-]. The Bertz CT molecular complexity index is 410. The molecule has 0 aromatic heterocycles. The highest BCUT2D eigenvalue weighted by molar-refractivity contribution is 6.21. The van der Waals surface area contributed by atoms with Crippen molar-refractivity contribution in [1.82, 2.24) is 0 Å². The molecule has 0 spiro atoms. The lowest BCUT2D eigenvalue weighted by atomic mass is 10.0. The molecule has 0 rings (SSSR count). The Balaban J connectivity index is 3.94. The van der Waals surface area contributed by atoms with Crippen molar-refractivity contribution < 1.29 is 14.8 Å². The van der Waals surface area contributed by atoms with Crippen LogP contribution in [0.25, 0.3) is 0 Å². The first-order valence-corrected chi connectivity index (χ1v) is 9.22. The van der Waals surface area contributed by atoms with Crippen molar-refractivity contribution >= 4 is 17.6 Å². The van der Waals surface area contributed by atoms with Crippen LogP contribution < -0.4 is 0 Å². The van der Waals surface area contributed by atoms with Gasteiger partial charge in [0, 0.05) is 17.8 Å². The van der Waals surface area contributed by atoms with E-state index < -0.39 is 17.4 Å². The molecule has 0 saturated heterocycles. The summed E-state index contributed by atoms with van der Waals surface area (Å²) in [5, 5.41) is 19.1. The summed E-state index contributed by atoms with van der Waals surface area (Å²) in [5.41, 5.74) is 0. The quantitative estimate of drug-likeness (QED) is 0.140. The molecule has 0 bridgehead atoms. The number of unbranched alkanes of at least 4 members (excludes halogenated alkanes) is 3. The first kappa shape index (κ1) is 22.6. The molecule has 2 atom stereocenters. The number of nitrogens with zero attached hydrogens (tertiary/aromatic N) is 1. The van der Waals surface area contributed by atoms with E-state index >= 15 is 0 Å². The topological polar surface area (TPSA) is 80.4 Å². The first-order chi connectivity index (χ1) is 11.5. The van der Waals surface area contributed by atoms with E-state index in [2.05, 4.69) is 19.1 Å². The minimum absolute atomic E-state index is 0.0571. The molecule has 5 nitrogen and oxygen atoms in total. The average molecular weight is 360 g/mol. The summed E-state index contributed by atoms with van der Waals surface area (Å²) in [5.74, 6) is -0.936. The largest absolute Gasteiger partial charge is 0.481 e. The predicted octanol–water partition coefficient (Wildman–Crippen LogP) is 5.36. The van der Waals surface area contributed by atoms with Crippen molar-refractivity contribution in [3.63, 3.8) is 0 Å². The second-order valence-corrected chi connectivity index (χ2v) is 6.47. The van der Waals surface area contributed by atoms with Crippen LogP contribution in [0.4, 0.5) is 0 Å². The maximum atomic E-state index is 11.0. The van der Waals surface area contributed by atoms with E-state index in [-0.39, 0.29) is 24.2 Å². The summed E-state index contributed by atoms with van der Waals surface area (Å²) in [6, 6.07) is -0.877. The van der Waals surface area contributed by atoms with E-state index in [0.717, 1.165) is 12.8 Å². The van der Waals surface area contributed by atoms with Crippen LogP contribution in [0.2, 0.25) is 0 Å². The molecule has 0 fully saturated rings. The number of hydrogen-bond acceptors (Lipinski definition) is 3. The molecule has 2 unspecified atom stereocenters. The molecular formula is C18H30ClNO4. The zero-order chi connectivity index (χ0) is 18.2. The van der Waals surface area contributed by atoms with Crippen molar-refractivity contribution in [3.8, 4) is 0 Å². The molecule has 0 aliphatic rings. The van der Waals surface area contributed by atoms with Crippen molar-refractivity contribution in [3.05, 3.63) is 34.4 Å². The van der Waals surface area contributed by atoms with Gasteiger partial charge in [0.1, 0.15) is 5.38 Å². The van der Waals surface area contributed by atoms with Crippen LogP contribution >= 0.6 is 11.6 Å². The summed E-state index contributed by atoms with van der Waals surface area (Å²) in [6.07, 6.45) is 15.7. The molecule has 24 heavy (non-hydrogen) atoms. The summed E-state index contributed by atoms with van der Waals surface area (Å²) in [7, 11) is 0. The standard InChI is InChI=1S/C18H30ClNO4/c1-2-3-4-5-6-7-8-9-10-11-13-16(19)17(20(23)24)14-12-15-18(21)22/h6-7,9-10,16-17H,2-5,8,11-15H2,1H3,(H,21,22)/b7-6-,10-9-. The van der Waals surface area contributed by atoms with E-state index in [1.54, 1.807) is 0 Å². The maximum absolute atomic E-state index is 11.0. The van der Waals surface area contributed by atoms with Crippen LogP contribution in [0.3, 0.4) is 0 Å². The Labute approximate surface area is 149 Å². The summed E-state index contributed by atoms with van der Waals surface area (Å²) >= 11 is 6.13. The zero-order valence-corrected chi connectivity index (χ0v) is 15.3. The molecule has 0 aliphatic heterocycles. The molecule has 0 amide bonds. The van der Waals surface area contributed by atoms with Crippen LogP contribution in [0, 0.1) is 10.1 Å². The van der Waals surface area contributed by atoms with Crippen LogP contribution in [-0.4, -0.2) is 27.4 Å². The molecule has 0 heterocycles. The lowest BCUT2D eigenvalue weighted by Crippen LogP contribution is -2.30. The predicted molar refractivity (Wildman–Crippen MR) is 98.2 cm³/mol. The second-order valence-electron chi connectivity index (χ2n) is 5.91. The molecule has 0 aromatic carbocycles. The van der Waals surface area contributed by atoms with E-state index in [9.17, 15) is 14.9 Å². The third kappa shape index (κ3) is 13.1. The minimum Gasteiger partial charge on any atom is -0.481 e. The summed E-state index contributed by atoms with van der Waals surface area (Å²) in [6.45, 7) is 2.19. The van der Waals surface area contributed by atoms with Gasteiger partial charge in [-0.15, -0.1) is 11.6 Å². The Morgan fingerprint density at radius 2 is 1.79 bits per heavy atom. The lowest BCUT2D eigenvalue weighted by Gasteiger charge is -2.14. The number of alkyl halides is 1. The lowest BCUT2D eigenvalue weighted by molar-refractivity contribution is -0.523. The number of hydrogen-bond donors (Lipinski definition) is 1. The molecule has 0 aliphatic carbocycles. The van der Waals surface area contributed by atoms with Crippen LogP contribution in [0.15, 0.2) is 24.3 Å². The number of carboxylic acid groups (broad SMARTS) is 1. The third-order valence-corrected chi connectivity index (χ3v) is 4.28. The normalized spacial score (nSPS) is 14.2. The van der Waals surface area contributed by atoms with Gasteiger partial charge in [-0.3, -0.25) is 14.9 Å². The molecule has 0 radical (unpaired) electrons. The van der Waals surface area contributed by atoms with Gasteiger partial charge in [0.2, 0.25) is 6.04 Å². The summed E-state index contributed by atoms with van der Waals surface area (Å²) in [4.78, 5) is 21.1. The van der Waals surface area contributed by atoms with Gasteiger partial charge in [-0.1, -0.05) is 44.1 Å². The van der Waals surface area contributed by atoms with Crippen LogP contribution in [0.1, 0.15) is 71.1 Å². The van der Waals surface area contributed by atoms with Gasteiger partial charge in [-0.2, -0.15) is 0 Å². The van der Waals surface area contributed by atoms with E-state index in [0.29, 0.717) is 12.8 Å². The van der Waals surface area contributed by atoms with Crippen molar-refractivity contribution in [2.75, 3.05) is 0 Å². The fraction of sp³-hybridized carbons (Fsp3) is 0.722. The molecule has 1 N–H and O–H groups in total. The Hall–Kier alpha value is -1.36. The Morgan fingerprint density at radius 3 is 2.38 bits per heavy atom. The van der Waals surface area contributed by atoms with E-state index in [4.69, 9.17) is 16.7 Å². The van der Waals surface area contributed by atoms with Gasteiger partial charge in [-0.05, 0) is 38.5 Å². The van der Waals surface area contributed by atoms with Gasteiger partial charge in [-0.25, -0.2) is 0 Å². The van der Waals surface area contributed by atoms with Crippen LogP contribution in [0.5, 0.6) is 0 Å². The molecule has 138 valence electrons. The molecule has 6 heteroatoms.